The van der Waals surface area contributed by atoms with E-state index < -0.39 is 0 Å². The van der Waals surface area contributed by atoms with E-state index in [2.05, 4.69) is 20.5 Å². The Morgan fingerprint density at radius 2 is 2.17 bits per heavy atom. The summed E-state index contributed by atoms with van der Waals surface area (Å²) in [7, 11) is 0. The van der Waals surface area contributed by atoms with Gasteiger partial charge in [-0.15, -0.1) is 5.10 Å². The van der Waals surface area contributed by atoms with Crippen LogP contribution in [0, 0.1) is 0 Å². The van der Waals surface area contributed by atoms with Crippen molar-refractivity contribution in [2.24, 2.45) is 0 Å². The fourth-order valence-electron chi connectivity index (χ4n) is 2.26. The van der Waals surface area contributed by atoms with Gasteiger partial charge in [0.05, 0.1) is 18.8 Å². The van der Waals surface area contributed by atoms with Gasteiger partial charge in [-0.3, -0.25) is 14.4 Å². The van der Waals surface area contributed by atoms with Crippen LogP contribution in [0.15, 0.2) is 12.4 Å². The van der Waals surface area contributed by atoms with Crippen molar-refractivity contribution in [2.45, 2.75) is 38.8 Å². The first-order valence-corrected chi connectivity index (χ1v) is 6.63. The molecule has 1 unspecified atom stereocenters. The maximum Gasteiger partial charge on any atom is 0.237 e. The minimum Gasteiger partial charge on any atom is -0.353 e. The summed E-state index contributed by atoms with van der Waals surface area (Å²) in [5.41, 5.74) is 0. The Hall–Kier alpha value is -1.43. The summed E-state index contributed by atoms with van der Waals surface area (Å²) in [5, 5.41) is 10.5. The summed E-state index contributed by atoms with van der Waals surface area (Å²) < 4.78 is 1.71. The Morgan fingerprint density at radius 3 is 2.83 bits per heavy atom. The highest BCUT2D eigenvalue weighted by molar-refractivity contribution is 5.81. The molecule has 0 bridgehead atoms. The SMILES string of the molecule is CC(C(=O)NCCn1ccnn1)N1CCCCC1. The lowest BCUT2D eigenvalue weighted by Gasteiger charge is -2.31. The number of nitrogens with zero attached hydrogens (tertiary/aromatic N) is 4. The third kappa shape index (κ3) is 3.53. The number of rotatable bonds is 5. The molecule has 100 valence electrons. The van der Waals surface area contributed by atoms with E-state index in [-0.39, 0.29) is 11.9 Å². The number of hydrogen-bond donors (Lipinski definition) is 1. The van der Waals surface area contributed by atoms with Gasteiger partial charge in [0.1, 0.15) is 0 Å². The van der Waals surface area contributed by atoms with Gasteiger partial charge in [0.15, 0.2) is 0 Å². The van der Waals surface area contributed by atoms with Crippen LogP contribution in [0.1, 0.15) is 26.2 Å². The Kier molecular flexibility index (Phi) is 4.69. The maximum absolute atomic E-state index is 12.0. The number of piperidine rings is 1. The predicted molar refractivity (Wildman–Crippen MR) is 67.9 cm³/mol. The number of nitrogens with one attached hydrogen (secondary N) is 1. The van der Waals surface area contributed by atoms with Crippen LogP contribution < -0.4 is 5.32 Å². The summed E-state index contributed by atoms with van der Waals surface area (Å²) in [6, 6.07) is -0.0268. The summed E-state index contributed by atoms with van der Waals surface area (Å²) in [4.78, 5) is 14.2. The molecular formula is C12H21N5O. The molecule has 1 fully saturated rings. The molecule has 0 aliphatic carbocycles. The zero-order valence-electron chi connectivity index (χ0n) is 10.9. The largest absolute Gasteiger partial charge is 0.353 e. The quantitative estimate of drug-likeness (QED) is 0.816. The van der Waals surface area contributed by atoms with Gasteiger partial charge in [-0.05, 0) is 32.9 Å². The van der Waals surface area contributed by atoms with E-state index >= 15 is 0 Å². The van der Waals surface area contributed by atoms with Crippen LogP contribution in [0.3, 0.4) is 0 Å². The van der Waals surface area contributed by atoms with Crippen molar-refractivity contribution < 1.29 is 4.79 Å². The zero-order chi connectivity index (χ0) is 12.8. The van der Waals surface area contributed by atoms with Crippen molar-refractivity contribution in [3.63, 3.8) is 0 Å². The van der Waals surface area contributed by atoms with Crippen LogP contribution >= 0.6 is 0 Å². The van der Waals surface area contributed by atoms with Crippen molar-refractivity contribution in [3.05, 3.63) is 12.4 Å². The number of aromatic nitrogens is 3. The van der Waals surface area contributed by atoms with Crippen LogP contribution in [0.5, 0.6) is 0 Å². The molecule has 6 nitrogen and oxygen atoms in total. The molecule has 1 amide bonds. The summed E-state index contributed by atoms with van der Waals surface area (Å²) in [6.45, 7) is 5.32. The molecule has 0 spiro atoms. The Labute approximate surface area is 107 Å². The van der Waals surface area contributed by atoms with E-state index in [9.17, 15) is 4.79 Å². The van der Waals surface area contributed by atoms with E-state index in [1.165, 1.54) is 19.3 Å². The van der Waals surface area contributed by atoms with Crippen LogP contribution in [0.2, 0.25) is 0 Å². The predicted octanol–water partition coefficient (Wildman–Crippen LogP) is 0.269. The molecule has 0 radical (unpaired) electrons. The molecule has 18 heavy (non-hydrogen) atoms. The lowest BCUT2D eigenvalue weighted by Crippen LogP contribution is -2.47. The second kappa shape index (κ2) is 6.49. The molecule has 1 saturated heterocycles. The molecule has 6 heteroatoms. The van der Waals surface area contributed by atoms with Crippen LogP contribution in [-0.4, -0.2) is 51.5 Å². The van der Waals surface area contributed by atoms with Gasteiger partial charge >= 0.3 is 0 Å². The van der Waals surface area contributed by atoms with E-state index in [1.807, 2.05) is 6.92 Å². The van der Waals surface area contributed by atoms with Gasteiger partial charge in [0.2, 0.25) is 5.91 Å². The van der Waals surface area contributed by atoms with Gasteiger partial charge in [-0.2, -0.15) is 0 Å². The number of carbonyl (C=O) groups excluding carboxylic acids is 1. The third-order valence-corrected chi connectivity index (χ3v) is 3.43. The van der Waals surface area contributed by atoms with Crippen molar-refractivity contribution in [2.75, 3.05) is 19.6 Å². The topological polar surface area (TPSA) is 63.1 Å². The minimum atomic E-state index is -0.0268. The Balaban J connectivity index is 1.70. The van der Waals surface area contributed by atoms with Crippen LogP contribution in [-0.2, 0) is 11.3 Å². The van der Waals surface area contributed by atoms with Gasteiger partial charge in [0.25, 0.3) is 0 Å². The standard InChI is InChI=1S/C12H21N5O/c1-11(16-7-3-2-4-8-16)12(18)13-5-9-17-10-6-14-15-17/h6,10-11H,2-5,7-9H2,1H3,(H,13,18). The molecule has 1 aliphatic heterocycles. The number of carbonyl (C=O) groups is 1. The molecule has 1 atom stereocenters. The molecule has 2 rings (SSSR count). The molecular weight excluding hydrogens is 230 g/mol. The van der Waals surface area contributed by atoms with Crippen LogP contribution in [0.4, 0.5) is 0 Å². The van der Waals surface area contributed by atoms with E-state index in [4.69, 9.17) is 0 Å². The number of likely N-dealkylation sites (tertiary alicyclic amines) is 1. The van der Waals surface area contributed by atoms with E-state index in [0.29, 0.717) is 13.1 Å². The van der Waals surface area contributed by atoms with Crippen molar-refractivity contribution in [1.29, 1.82) is 0 Å². The Morgan fingerprint density at radius 1 is 1.39 bits per heavy atom. The fraction of sp³-hybridized carbons (Fsp3) is 0.750. The highest BCUT2D eigenvalue weighted by atomic mass is 16.2. The fourth-order valence-corrected chi connectivity index (χ4v) is 2.26. The summed E-state index contributed by atoms with van der Waals surface area (Å²) in [5.74, 6) is 0.108. The Bertz CT molecular complexity index is 359. The monoisotopic (exact) mass is 251 g/mol. The smallest absolute Gasteiger partial charge is 0.237 e. The maximum atomic E-state index is 12.0. The van der Waals surface area contributed by atoms with Crippen molar-refractivity contribution >= 4 is 5.91 Å². The highest BCUT2D eigenvalue weighted by Crippen LogP contribution is 2.11. The van der Waals surface area contributed by atoms with E-state index in [1.54, 1.807) is 17.1 Å². The van der Waals surface area contributed by atoms with Gasteiger partial charge < -0.3 is 5.32 Å². The lowest BCUT2D eigenvalue weighted by molar-refractivity contribution is -0.126. The first kappa shape index (κ1) is 13.0. The molecule has 0 saturated carbocycles. The first-order valence-electron chi connectivity index (χ1n) is 6.63. The van der Waals surface area contributed by atoms with Crippen molar-refractivity contribution in [3.8, 4) is 0 Å². The average molecular weight is 251 g/mol. The van der Waals surface area contributed by atoms with Gasteiger partial charge in [0, 0.05) is 12.7 Å². The molecule has 1 N–H and O–H groups in total. The summed E-state index contributed by atoms with van der Waals surface area (Å²) >= 11 is 0. The molecule has 2 heterocycles. The second-order valence-electron chi connectivity index (χ2n) is 4.73. The second-order valence-corrected chi connectivity index (χ2v) is 4.73. The number of hydrogen-bond acceptors (Lipinski definition) is 4. The third-order valence-electron chi connectivity index (χ3n) is 3.43. The molecule has 0 aromatic carbocycles. The normalized spacial score (nSPS) is 18.5. The minimum absolute atomic E-state index is 0.0268. The molecule has 1 aliphatic rings. The number of amides is 1. The van der Waals surface area contributed by atoms with Gasteiger partial charge in [-0.1, -0.05) is 11.6 Å². The summed E-state index contributed by atoms with van der Waals surface area (Å²) in [6.07, 6.45) is 7.13. The van der Waals surface area contributed by atoms with Crippen LogP contribution in [0.25, 0.3) is 0 Å². The molecule has 1 aromatic rings. The van der Waals surface area contributed by atoms with Gasteiger partial charge in [-0.25, -0.2) is 0 Å². The van der Waals surface area contributed by atoms with Crippen molar-refractivity contribution in [1.82, 2.24) is 25.2 Å². The first-order chi connectivity index (χ1) is 8.77. The molecule has 1 aromatic heterocycles. The lowest BCUT2D eigenvalue weighted by atomic mass is 10.1. The average Bonchev–Trinajstić information content (AvgIpc) is 2.92. The zero-order valence-corrected chi connectivity index (χ0v) is 10.9. The van der Waals surface area contributed by atoms with E-state index in [0.717, 1.165) is 13.1 Å². The highest BCUT2D eigenvalue weighted by Gasteiger charge is 2.22.